The largest absolute Gasteiger partial charge is 0.312 e. The molecule has 2 aromatic rings. The van der Waals surface area contributed by atoms with Gasteiger partial charge in [-0.3, -0.25) is 9.59 Å². The molecule has 32 heavy (non-hydrogen) atoms. The van der Waals surface area contributed by atoms with Crippen molar-refractivity contribution >= 4 is 70.4 Å². The average molecular weight is 491 g/mol. The molecule has 0 bridgehead atoms. The lowest BCUT2D eigenvalue weighted by Crippen LogP contribution is -2.29. The number of amides is 2. The second-order valence-corrected chi connectivity index (χ2v) is 8.47. The maximum atomic E-state index is 13.0. The highest BCUT2D eigenvalue weighted by Crippen LogP contribution is 2.37. The summed E-state index contributed by atoms with van der Waals surface area (Å²) in [5.74, 6) is -0.737. The molecule has 1 unspecified atom stereocenters. The molecule has 2 heterocycles. The van der Waals surface area contributed by atoms with Gasteiger partial charge < -0.3 is 4.90 Å². The molecule has 1 atom stereocenters. The summed E-state index contributed by atoms with van der Waals surface area (Å²) >= 11 is 18.2. The lowest BCUT2D eigenvalue weighted by molar-refractivity contribution is -0.121. The zero-order chi connectivity index (χ0) is 22.8. The Balaban J connectivity index is 1.59. The quantitative estimate of drug-likeness (QED) is 0.481. The van der Waals surface area contributed by atoms with Crippen molar-refractivity contribution < 1.29 is 9.59 Å². The summed E-state index contributed by atoms with van der Waals surface area (Å²) in [4.78, 5) is 26.0. The summed E-state index contributed by atoms with van der Waals surface area (Å²) in [5, 5.41) is 13.4. The molecule has 2 amide bonds. The lowest BCUT2D eigenvalue weighted by atomic mass is 9.97. The topological polar surface area (TPSA) is 86.5 Å². The van der Waals surface area contributed by atoms with E-state index in [1.54, 1.807) is 17.0 Å². The summed E-state index contributed by atoms with van der Waals surface area (Å²) < 4.78 is 0. The van der Waals surface area contributed by atoms with E-state index in [0.29, 0.717) is 40.0 Å². The van der Waals surface area contributed by atoms with Crippen molar-refractivity contribution in [2.24, 2.45) is 15.3 Å². The van der Waals surface area contributed by atoms with Gasteiger partial charge in [0.05, 0.1) is 22.0 Å². The number of rotatable bonds is 5. The van der Waals surface area contributed by atoms with Gasteiger partial charge in [0, 0.05) is 41.9 Å². The Kier molecular flexibility index (Phi) is 6.60. The molecule has 2 aliphatic rings. The van der Waals surface area contributed by atoms with Crippen LogP contribution in [-0.2, 0) is 9.59 Å². The van der Waals surface area contributed by atoms with Crippen LogP contribution in [0.4, 0.5) is 5.69 Å². The molecular weight excluding hydrogens is 473 g/mol. The molecule has 0 spiro atoms. The highest BCUT2D eigenvalue weighted by atomic mass is 35.5. The normalized spacial score (nSPS) is 18.4. The van der Waals surface area contributed by atoms with E-state index in [1.165, 1.54) is 12.4 Å². The number of likely N-dealkylation sites (N-methyl/N-ethyl adjacent to an activating group) is 1. The summed E-state index contributed by atoms with van der Waals surface area (Å²) in [7, 11) is 0. The Morgan fingerprint density at radius 2 is 1.88 bits per heavy atom. The number of halogens is 3. The van der Waals surface area contributed by atoms with Gasteiger partial charge in [0.1, 0.15) is 5.92 Å². The first-order chi connectivity index (χ1) is 15.4. The van der Waals surface area contributed by atoms with E-state index in [9.17, 15) is 9.59 Å². The van der Waals surface area contributed by atoms with Crippen molar-refractivity contribution in [3.05, 3.63) is 62.1 Å². The predicted octanol–water partition coefficient (Wildman–Crippen LogP) is 4.82. The number of nitrogens with zero attached hydrogens (tertiary/aromatic N) is 4. The fraction of sp³-hybridized carbons (Fsp3) is 0.227. The van der Waals surface area contributed by atoms with Gasteiger partial charge in [-0.2, -0.15) is 15.3 Å². The maximum absolute atomic E-state index is 13.0. The Hall–Kier alpha value is -2.74. The number of carbonyl (C=O) groups is 2. The van der Waals surface area contributed by atoms with Crippen molar-refractivity contribution in [2.75, 3.05) is 11.4 Å². The zero-order valence-corrected chi connectivity index (χ0v) is 19.2. The highest BCUT2D eigenvalue weighted by molar-refractivity contribution is 6.41. The minimum atomic E-state index is -0.555. The van der Waals surface area contributed by atoms with Crippen LogP contribution in [-0.4, -0.2) is 36.5 Å². The van der Waals surface area contributed by atoms with E-state index in [0.717, 1.165) is 22.5 Å². The number of anilines is 1. The average Bonchev–Trinajstić information content (AvgIpc) is 3.03. The zero-order valence-electron chi connectivity index (χ0n) is 17.0. The first kappa shape index (κ1) is 22.5. The number of hydrazone groups is 1. The van der Waals surface area contributed by atoms with Gasteiger partial charge in [-0.25, -0.2) is 5.43 Å². The van der Waals surface area contributed by atoms with Gasteiger partial charge in [-0.1, -0.05) is 46.9 Å². The van der Waals surface area contributed by atoms with Gasteiger partial charge in [0.2, 0.25) is 11.8 Å². The van der Waals surface area contributed by atoms with E-state index in [-0.39, 0.29) is 11.8 Å². The third-order valence-corrected chi connectivity index (χ3v) is 6.10. The van der Waals surface area contributed by atoms with Crippen molar-refractivity contribution in [1.29, 1.82) is 0 Å². The molecule has 2 aromatic carbocycles. The third kappa shape index (κ3) is 4.41. The van der Waals surface area contributed by atoms with Crippen molar-refractivity contribution in [2.45, 2.75) is 25.7 Å². The molecule has 0 aromatic heterocycles. The fourth-order valence-corrected chi connectivity index (χ4v) is 4.58. The maximum Gasteiger partial charge on any atom is 0.240 e. The van der Waals surface area contributed by atoms with Gasteiger partial charge in [0.15, 0.2) is 0 Å². The molecule has 164 valence electrons. The summed E-state index contributed by atoms with van der Waals surface area (Å²) in [6.45, 7) is 2.43. The highest BCUT2D eigenvalue weighted by Gasteiger charge is 2.36. The van der Waals surface area contributed by atoms with E-state index in [4.69, 9.17) is 34.8 Å². The summed E-state index contributed by atoms with van der Waals surface area (Å²) in [5.41, 5.74) is 6.30. The molecule has 4 rings (SSSR count). The van der Waals surface area contributed by atoms with Gasteiger partial charge in [-0.05, 0) is 36.2 Å². The predicted molar refractivity (Wildman–Crippen MR) is 129 cm³/mol. The van der Waals surface area contributed by atoms with Crippen LogP contribution in [0.3, 0.4) is 0 Å². The number of nitrogens with one attached hydrogen (secondary N) is 1. The SMILES string of the molecule is CCN1C(=O)C(C=N/N=C/c2c(Cl)cc(Cl)cc2Cl)c2ccc(C3=NNC(=O)CC3)cc21. The van der Waals surface area contributed by atoms with Crippen LogP contribution in [0.5, 0.6) is 0 Å². The molecule has 2 aliphatic heterocycles. The lowest BCUT2D eigenvalue weighted by Gasteiger charge is -2.17. The monoisotopic (exact) mass is 489 g/mol. The number of fused-ring (bicyclic) bond motifs is 1. The van der Waals surface area contributed by atoms with Crippen LogP contribution in [0.15, 0.2) is 45.6 Å². The smallest absolute Gasteiger partial charge is 0.240 e. The number of hydrogen-bond acceptors (Lipinski definition) is 5. The standard InChI is InChI=1S/C22H18Cl3N5O2/c1-2-30-20-7-12(19-5-6-21(31)29-28-19)3-4-14(20)15(22(30)32)10-26-27-11-16-17(24)8-13(23)9-18(16)25/h3-4,7-11,15H,2,5-6H2,1H3,(H,29,31)/b26-10?,27-11+. The van der Waals surface area contributed by atoms with Crippen molar-refractivity contribution in [3.63, 3.8) is 0 Å². The van der Waals surface area contributed by atoms with E-state index < -0.39 is 5.92 Å². The van der Waals surface area contributed by atoms with Crippen LogP contribution in [0, 0.1) is 0 Å². The molecule has 1 N–H and O–H groups in total. The number of carbonyl (C=O) groups excluding carboxylic acids is 2. The summed E-state index contributed by atoms with van der Waals surface area (Å²) in [6, 6.07) is 8.85. The van der Waals surface area contributed by atoms with Gasteiger partial charge >= 0.3 is 0 Å². The minimum absolute atomic E-state index is 0.0833. The van der Waals surface area contributed by atoms with Gasteiger partial charge in [0.25, 0.3) is 0 Å². The van der Waals surface area contributed by atoms with Crippen LogP contribution < -0.4 is 10.3 Å². The van der Waals surface area contributed by atoms with Gasteiger partial charge in [-0.15, -0.1) is 0 Å². The van der Waals surface area contributed by atoms with Crippen LogP contribution in [0.1, 0.15) is 42.4 Å². The molecule has 0 saturated carbocycles. The third-order valence-electron chi connectivity index (χ3n) is 5.26. The Morgan fingerprint density at radius 3 is 2.53 bits per heavy atom. The summed E-state index contributed by atoms with van der Waals surface area (Å²) in [6.07, 6.45) is 3.87. The van der Waals surface area contributed by atoms with Crippen LogP contribution in [0.25, 0.3) is 0 Å². The van der Waals surface area contributed by atoms with E-state index >= 15 is 0 Å². The van der Waals surface area contributed by atoms with Crippen molar-refractivity contribution in [1.82, 2.24) is 5.43 Å². The molecule has 0 fully saturated rings. The Morgan fingerprint density at radius 1 is 1.12 bits per heavy atom. The fourth-order valence-electron chi connectivity index (χ4n) is 3.67. The Bertz CT molecular complexity index is 1170. The molecule has 7 nitrogen and oxygen atoms in total. The first-order valence-electron chi connectivity index (χ1n) is 9.91. The minimum Gasteiger partial charge on any atom is -0.312 e. The molecule has 0 radical (unpaired) electrons. The molecule has 0 aliphatic carbocycles. The second-order valence-electron chi connectivity index (χ2n) is 7.22. The van der Waals surface area contributed by atoms with Crippen molar-refractivity contribution in [3.8, 4) is 0 Å². The first-order valence-corrected chi connectivity index (χ1v) is 11.0. The van der Waals surface area contributed by atoms with E-state index in [1.807, 2.05) is 25.1 Å². The molecular formula is C22H18Cl3N5O2. The second kappa shape index (κ2) is 9.40. The van der Waals surface area contributed by atoms with Crippen LogP contribution >= 0.6 is 34.8 Å². The molecule has 10 heteroatoms. The van der Waals surface area contributed by atoms with Crippen LogP contribution in [0.2, 0.25) is 15.1 Å². The number of benzene rings is 2. The Labute approximate surface area is 199 Å². The molecule has 0 saturated heterocycles. The number of hydrogen-bond donors (Lipinski definition) is 1. The van der Waals surface area contributed by atoms with E-state index in [2.05, 4.69) is 20.7 Å².